The van der Waals surface area contributed by atoms with Crippen LogP contribution in [0.25, 0.3) is 0 Å². The van der Waals surface area contributed by atoms with Crippen LogP contribution in [0, 0.1) is 10.1 Å². The number of nitro groups is 1. The average molecular weight is 363 g/mol. The van der Waals surface area contributed by atoms with Crippen molar-refractivity contribution >= 4 is 30.0 Å². The molecule has 1 fully saturated rings. The highest BCUT2D eigenvalue weighted by molar-refractivity contribution is 5.99. The van der Waals surface area contributed by atoms with Crippen LogP contribution in [-0.4, -0.2) is 60.3 Å². The number of ether oxygens (including phenoxy) is 1. The predicted molar refractivity (Wildman–Crippen MR) is 93.9 cm³/mol. The molecule has 0 unspecified atom stereocenters. The van der Waals surface area contributed by atoms with Crippen molar-refractivity contribution < 1.29 is 24.0 Å². The lowest BCUT2D eigenvalue weighted by atomic mass is 10.0. The molecule has 140 valence electrons. The molecule has 26 heavy (non-hydrogen) atoms. The van der Waals surface area contributed by atoms with Crippen LogP contribution in [0.2, 0.25) is 0 Å². The van der Waals surface area contributed by atoms with E-state index in [1.807, 2.05) is 4.90 Å². The van der Waals surface area contributed by atoms with Crippen molar-refractivity contribution in [2.75, 3.05) is 31.1 Å². The van der Waals surface area contributed by atoms with Gasteiger partial charge in [-0.1, -0.05) is 0 Å². The minimum atomic E-state index is -0.693. The van der Waals surface area contributed by atoms with E-state index in [0.717, 1.165) is 0 Å². The molecule has 0 saturated carbocycles. The minimum Gasteiger partial charge on any atom is -0.444 e. The summed E-state index contributed by atoms with van der Waals surface area (Å²) in [6, 6.07) is 2.67. The summed E-state index contributed by atoms with van der Waals surface area (Å²) in [7, 11) is 0. The van der Waals surface area contributed by atoms with Crippen molar-refractivity contribution in [2.45, 2.75) is 26.4 Å². The Kier molecular flexibility index (Phi) is 5.59. The van der Waals surface area contributed by atoms with E-state index >= 15 is 0 Å². The van der Waals surface area contributed by atoms with Gasteiger partial charge in [0.05, 0.1) is 10.5 Å². The number of hydrogen-bond acceptors (Lipinski definition) is 7. The molecular formula is C17H21N3O6. The summed E-state index contributed by atoms with van der Waals surface area (Å²) in [6.07, 6.45) is 0.360. The van der Waals surface area contributed by atoms with Gasteiger partial charge in [-0.3, -0.25) is 19.7 Å². The largest absolute Gasteiger partial charge is 0.444 e. The van der Waals surface area contributed by atoms with Gasteiger partial charge in [-0.2, -0.15) is 0 Å². The number of carbonyl (C=O) groups is 3. The van der Waals surface area contributed by atoms with E-state index in [4.69, 9.17) is 4.74 Å². The molecule has 1 aromatic carbocycles. The van der Waals surface area contributed by atoms with Gasteiger partial charge in [-0.25, -0.2) is 4.79 Å². The van der Waals surface area contributed by atoms with Gasteiger partial charge in [0, 0.05) is 37.9 Å². The smallest absolute Gasteiger partial charge is 0.410 e. The van der Waals surface area contributed by atoms with Crippen molar-refractivity contribution in [3.8, 4) is 0 Å². The summed E-state index contributed by atoms with van der Waals surface area (Å²) in [5, 5.41) is 11.0. The van der Waals surface area contributed by atoms with Crippen LogP contribution < -0.4 is 4.90 Å². The van der Waals surface area contributed by atoms with Crippen molar-refractivity contribution in [1.82, 2.24) is 4.90 Å². The summed E-state index contributed by atoms with van der Waals surface area (Å²) in [6.45, 7) is 6.94. The van der Waals surface area contributed by atoms with Crippen molar-refractivity contribution in [3.63, 3.8) is 0 Å². The highest BCUT2D eigenvalue weighted by Crippen LogP contribution is 2.29. The van der Waals surface area contributed by atoms with Crippen LogP contribution in [0.3, 0.4) is 0 Å². The summed E-state index contributed by atoms with van der Waals surface area (Å²) >= 11 is 0. The average Bonchev–Trinajstić information content (AvgIpc) is 2.58. The molecular weight excluding hydrogens is 342 g/mol. The third-order valence-corrected chi connectivity index (χ3v) is 3.95. The third-order valence-electron chi connectivity index (χ3n) is 3.95. The fourth-order valence-electron chi connectivity index (χ4n) is 2.75. The molecule has 9 nitrogen and oxygen atoms in total. The molecule has 0 spiro atoms. The number of benzene rings is 1. The third kappa shape index (κ3) is 4.16. The number of nitrogens with zero attached hydrogens (tertiary/aromatic N) is 3. The van der Waals surface area contributed by atoms with Crippen molar-refractivity contribution in [1.29, 1.82) is 0 Å². The fraction of sp³-hybridized carbons (Fsp3) is 0.471. The van der Waals surface area contributed by atoms with E-state index in [0.29, 0.717) is 44.4 Å². The predicted octanol–water partition coefficient (Wildman–Crippen LogP) is 2.28. The number of aldehydes is 2. The highest BCUT2D eigenvalue weighted by Gasteiger charge is 2.28. The molecule has 0 radical (unpaired) electrons. The number of anilines is 1. The highest BCUT2D eigenvalue weighted by atomic mass is 16.6. The molecule has 0 bridgehead atoms. The van der Waals surface area contributed by atoms with Gasteiger partial charge >= 0.3 is 6.09 Å². The van der Waals surface area contributed by atoms with Gasteiger partial charge in [0.2, 0.25) is 0 Å². The summed E-state index contributed by atoms with van der Waals surface area (Å²) < 4.78 is 5.33. The Morgan fingerprint density at radius 1 is 1.12 bits per heavy atom. The molecule has 1 aromatic rings. The lowest BCUT2D eigenvalue weighted by Crippen LogP contribution is -2.50. The normalized spacial score (nSPS) is 14.7. The molecule has 0 aromatic heterocycles. The second-order valence-electron chi connectivity index (χ2n) is 6.88. The lowest BCUT2D eigenvalue weighted by Gasteiger charge is -2.37. The Balaban J connectivity index is 2.19. The maximum absolute atomic E-state index is 12.1. The molecule has 9 heteroatoms. The molecule has 0 aliphatic carbocycles. The number of hydrogen-bond donors (Lipinski definition) is 0. The first-order chi connectivity index (χ1) is 12.2. The van der Waals surface area contributed by atoms with E-state index in [1.54, 1.807) is 25.7 Å². The van der Waals surface area contributed by atoms with Crippen LogP contribution in [-0.2, 0) is 4.74 Å². The van der Waals surface area contributed by atoms with Crippen LogP contribution >= 0.6 is 0 Å². The van der Waals surface area contributed by atoms with E-state index in [1.165, 1.54) is 12.1 Å². The second-order valence-corrected chi connectivity index (χ2v) is 6.88. The SMILES string of the molecule is CC(C)(C)OC(=O)N1CCN(c2ccc([N+](=O)[O-])c(C=O)c2C=O)CC1. The summed E-state index contributed by atoms with van der Waals surface area (Å²) in [5.41, 5.74) is -0.803. The number of rotatable bonds is 4. The van der Waals surface area contributed by atoms with Crippen LogP contribution in [0.1, 0.15) is 41.5 Å². The van der Waals surface area contributed by atoms with Gasteiger partial charge in [0.15, 0.2) is 12.6 Å². The Morgan fingerprint density at radius 2 is 1.69 bits per heavy atom. The first-order valence-electron chi connectivity index (χ1n) is 8.12. The first kappa shape index (κ1) is 19.4. The fourth-order valence-corrected chi connectivity index (χ4v) is 2.75. The summed E-state index contributed by atoms with van der Waals surface area (Å²) in [4.78, 5) is 48.6. The molecule has 1 aliphatic rings. The molecule has 0 atom stereocenters. The van der Waals surface area contributed by atoms with Crippen LogP contribution in [0.4, 0.5) is 16.2 Å². The molecule has 1 amide bonds. The molecule has 0 N–H and O–H groups in total. The second kappa shape index (κ2) is 7.51. The Bertz CT molecular complexity index is 733. The van der Waals surface area contributed by atoms with Crippen molar-refractivity contribution in [2.24, 2.45) is 0 Å². The maximum atomic E-state index is 12.1. The lowest BCUT2D eigenvalue weighted by molar-refractivity contribution is -0.385. The topological polar surface area (TPSA) is 110 Å². The minimum absolute atomic E-state index is 0.0140. The first-order valence-corrected chi connectivity index (χ1v) is 8.12. The van der Waals surface area contributed by atoms with Crippen LogP contribution in [0.5, 0.6) is 0 Å². The van der Waals surface area contributed by atoms with Crippen LogP contribution in [0.15, 0.2) is 12.1 Å². The molecule has 1 heterocycles. The van der Waals surface area contributed by atoms with Crippen molar-refractivity contribution in [3.05, 3.63) is 33.4 Å². The monoisotopic (exact) mass is 363 g/mol. The number of nitro benzene ring substituents is 1. The quantitative estimate of drug-likeness (QED) is 0.458. The van der Waals surface area contributed by atoms with E-state index < -0.39 is 22.3 Å². The van der Waals surface area contributed by atoms with Gasteiger partial charge in [0.25, 0.3) is 5.69 Å². The Morgan fingerprint density at radius 3 is 2.15 bits per heavy atom. The van der Waals surface area contributed by atoms with Gasteiger partial charge < -0.3 is 14.5 Å². The standard InChI is InChI=1S/C17H21N3O6/c1-17(2,3)26-16(23)19-8-6-18(7-9-19)14-4-5-15(20(24)25)13(11-22)12(14)10-21/h4-5,10-11H,6-9H2,1-3H3. The Labute approximate surface area is 150 Å². The van der Waals surface area contributed by atoms with E-state index in [-0.39, 0.29) is 11.1 Å². The number of amides is 1. The molecule has 1 aliphatic heterocycles. The van der Waals surface area contributed by atoms with E-state index in [2.05, 4.69) is 0 Å². The van der Waals surface area contributed by atoms with Gasteiger partial charge in [-0.15, -0.1) is 0 Å². The number of carbonyl (C=O) groups excluding carboxylic acids is 3. The zero-order chi connectivity index (χ0) is 19.5. The number of piperazine rings is 1. The zero-order valence-electron chi connectivity index (χ0n) is 14.9. The molecule has 2 rings (SSSR count). The van der Waals surface area contributed by atoms with Gasteiger partial charge in [-0.05, 0) is 26.8 Å². The maximum Gasteiger partial charge on any atom is 0.410 e. The van der Waals surface area contributed by atoms with E-state index in [9.17, 15) is 24.5 Å². The zero-order valence-corrected chi connectivity index (χ0v) is 14.9. The summed E-state index contributed by atoms with van der Waals surface area (Å²) in [5.74, 6) is 0. The Hall–Kier alpha value is -2.97. The molecule has 1 saturated heterocycles. The van der Waals surface area contributed by atoms with Gasteiger partial charge in [0.1, 0.15) is 11.2 Å².